The summed E-state index contributed by atoms with van der Waals surface area (Å²) >= 11 is 0. The molecule has 0 spiro atoms. The molecule has 0 bridgehead atoms. The molecule has 1 aliphatic rings. The van der Waals surface area contributed by atoms with Crippen molar-refractivity contribution in [1.29, 1.82) is 0 Å². The van der Waals surface area contributed by atoms with Gasteiger partial charge in [0.1, 0.15) is 11.9 Å². The average molecular weight is 403 g/mol. The Labute approximate surface area is 174 Å². The van der Waals surface area contributed by atoms with Crippen LogP contribution in [0.25, 0.3) is 11.1 Å². The highest BCUT2D eigenvalue weighted by molar-refractivity contribution is 6.01. The molecule has 1 atom stereocenters. The first-order valence-electron chi connectivity index (χ1n) is 9.91. The van der Waals surface area contributed by atoms with Gasteiger partial charge < -0.3 is 15.5 Å². The van der Waals surface area contributed by atoms with Gasteiger partial charge in [-0.1, -0.05) is 60.7 Å². The Morgan fingerprint density at radius 2 is 1.50 bits per heavy atom. The number of halogens is 1. The summed E-state index contributed by atoms with van der Waals surface area (Å²) < 4.78 is 13.9. The summed E-state index contributed by atoms with van der Waals surface area (Å²) in [5, 5.41) is 5.55. The highest BCUT2D eigenvalue weighted by Crippen LogP contribution is 2.29. The lowest BCUT2D eigenvalue weighted by atomic mass is 10.0. The normalized spacial score (nSPS) is 15.6. The molecular weight excluding hydrogens is 381 g/mol. The zero-order valence-electron chi connectivity index (χ0n) is 16.3. The number of nitrogens with zero attached hydrogens (tertiary/aromatic N) is 1. The highest BCUT2D eigenvalue weighted by atomic mass is 19.1. The first kappa shape index (κ1) is 19.6. The predicted molar refractivity (Wildman–Crippen MR) is 116 cm³/mol. The number of amides is 3. The third-order valence-corrected chi connectivity index (χ3v) is 5.20. The van der Waals surface area contributed by atoms with Gasteiger partial charge in [-0.25, -0.2) is 9.18 Å². The lowest BCUT2D eigenvalue weighted by Crippen LogP contribution is -2.45. The average Bonchev–Trinajstić information content (AvgIpc) is 3.27. The molecule has 0 radical (unpaired) electrons. The fourth-order valence-electron chi connectivity index (χ4n) is 3.71. The van der Waals surface area contributed by atoms with E-state index in [0.717, 1.165) is 11.1 Å². The van der Waals surface area contributed by atoms with Gasteiger partial charge >= 0.3 is 6.03 Å². The van der Waals surface area contributed by atoms with Crippen LogP contribution in [-0.2, 0) is 4.79 Å². The molecule has 6 heteroatoms. The van der Waals surface area contributed by atoms with Crippen LogP contribution in [0.15, 0.2) is 78.9 Å². The Bertz CT molecular complexity index is 1060. The van der Waals surface area contributed by atoms with E-state index >= 15 is 0 Å². The number of carbonyl (C=O) groups is 2. The number of para-hydroxylation sites is 2. The Hall–Kier alpha value is -3.67. The standard InChI is InChI=1S/C24H22FN3O2/c25-19-12-5-7-14-21(19)27-24(30)28-16-8-15-22(28)23(29)26-20-13-6-4-11-18(20)17-9-2-1-3-10-17/h1-7,9-14,22H,8,15-16H2,(H,26,29)(H,27,30). The number of hydrogen-bond donors (Lipinski definition) is 2. The van der Waals surface area contributed by atoms with Crippen LogP contribution in [-0.4, -0.2) is 29.4 Å². The number of hydrogen-bond acceptors (Lipinski definition) is 2. The van der Waals surface area contributed by atoms with Crippen molar-refractivity contribution in [2.45, 2.75) is 18.9 Å². The number of likely N-dealkylation sites (tertiary alicyclic amines) is 1. The third-order valence-electron chi connectivity index (χ3n) is 5.20. The van der Waals surface area contributed by atoms with Gasteiger partial charge in [0.25, 0.3) is 0 Å². The van der Waals surface area contributed by atoms with E-state index in [4.69, 9.17) is 0 Å². The van der Waals surface area contributed by atoms with Gasteiger partial charge in [-0.15, -0.1) is 0 Å². The fraction of sp³-hybridized carbons (Fsp3) is 0.167. The molecular formula is C24H22FN3O2. The van der Waals surface area contributed by atoms with E-state index in [-0.39, 0.29) is 11.6 Å². The van der Waals surface area contributed by atoms with Crippen LogP contribution in [0.5, 0.6) is 0 Å². The lowest BCUT2D eigenvalue weighted by Gasteiger charge is -2.25. The smallest absolute Gasteiger partial charge is 0.322 e. The Morgan fingerprint density at radius 3 is 2.27 bits per heavy atom. The molecule has 1 saturated heterocycles. The number of anilines is 2. The SMILES string of the molecule is O=C(Nc1ccccc1-c1ccccc1)C1CCCN1C(=O)Nc1ccccc1F. The molecule has 3 amide bonds. The zero-order chi connectivity index (χ0) is 20.9. The van der Waals surface area contributed by atoms with Crippen LogP contribution >= 0.6 is 0 Å². The first-order chi connectivity index (χ1) is 14.6. The first-order valence-corrected chi connectivity index (χ1v) is 9.91. The third kappa shape index (κ3) is 4.17. The minimum absolute atomic E-state index is 0.1000. The summed E-state index contributed by atoms with van der Waals surface area (Å²) in [6.07, 6.45) is 1.27. The van der Waals surface area contributed by atoms with E-state index in [0.29, 0.717) is 25.1 Å². The number of carbonyl (C=O) groups excluding carboxylic acids is 2. The predicted octanol–water partition coefficient (Wildman–Crippen LogP) is 5.13. The van der Waals surface area contributed by atoms with Crippen molar-refractivity contribution >= 4 is 23.3 Å². The summed E-state index contributed by atoms with van der Waals surface area (Å²) in [6.45, 7) is 0.443. The maximum absolute atomic E-state index is 13.9. The number of urea groups is 1. The van der Waals surface area contributed by atoms with Gasteiger partial charge in [0.15, 0.2) is 0 Å². The molecule has 30 heavy (non-hydrogen) atoms. The summed E-state index contributed by atoms with van der Waals surface area (Å²) in [5.41, 5.74) is 2.69. The minimum atomic E-state index is -0.611. The second kappa shape index (κ2) is 8.78. The molecule has 5 nitrogen and oxygen atoms in total. The van der Waals surface area contributed by atoms with Gasteiger partial charge in [0.05, 0.1) is 5.69 Å². The highest BCUT2D eigenvalue weighted by Gasteiger charge is 2.34. The van der Waals surface area contributed by atoms with Crippen molar-refractivity contribution < 1.29 is 14.0 Å². The van der Waals surface area contributed by atoms with Gasteiger partial charge in [0.2, 0.25) is 5.91 Å². The van der Waals surface area contributed by atoms with Crippen LogP contribution in [0.2, 0.25) is 0 Å². The maximum Gasteiger partial charge on any atom is 0.322 e. The Balaban J connectivity index is 1.50. The molecule has 152 valence electrons. The van der Waals surface area contributed by atoms with Gasteiger partial charge in [-0.3, -0.25) is 4.79 Å². The van der Waals surface area contributed by atoms with E-state index in [2.05, 4.69) is 10.6 Å². The van der Waals surface area contributed by atoms with Crippen molar-refractivity contribution in [3.8, 4) is 11.1 Å². The maximum atomic E-state index is 13.9. The molecule has 0 aromatic heterocycles. The Kier molecular flexibility index (Phi) is 5.75. The molecule has 0 aliphatic carbocycles. The van der Waals surface area contributed by atoms with E-state index < -0.39 is 17.9 Å². The molecule has 1 heterocycles. The second-order valence-electron chi connectivity index (χ2n) is 7.16. The molecule has 3 aromatic rings. The van der Waals surface area contributed by atoms with Crippen molar-refractivity contribution in [1.82, 2.24) is 4.90 Å². The molecule has 1 aliphatic heterocycles. The zero-order valence-corrected chi connectivity index (χ0v) is 16.3. The molecule has 3 aromatic carbocycles. The summed E-state index contributed by atoms with van der Waals surface area (Å²) in [4.78, 5) is 27.2. The number of rotatable bonds is 4. The van der Waals surface area contributed by atoms with E-state index in [1.54, 1.807) is 12.1 Å². The summed E-state index contributed by atoms with van der Waals surface area (Å²) in [6, 6.07) is 22.3. The minimum Gasteiger partial charge on any atom is -0.324 e. The quantitative estimate of drug-likeness (QED) is 0.635. The van der Waals surface area contributed by atoms with Crippen LogP contribution in [0, 0.1) is 5.82 Å². The number of benzene rings is 3. The summed E-state index contributed by atoms with van der Waals surface area (Å²) in [5.74, 6) is -0.762. The molecule has 1 unspecified atom stereocenters. The molecule has 0 saturated carbocycles. The van der Waals surface area contributed by atoms with Crippen LogP contribution in [0.4, 0.5) is 20.6 Å². The number of nitrogens with one attached hydrogen (secondary N) is 2. The van der Waals surface area contributed by atoms with Gasteiger partial charge in [0, 0.05) is 17.8 Å². The van der Waals surface area contributed by atoms with Crippen LogP contribution in [0.3, 0.4) is 0 Å². The second-order valence-corrected chi connectivity index (χ2v) is 7.16. The molecule has 2 N–H and O–H groups in total. The monoisotopic (exact) mass is 403 g/mol. The summed E-state index contributed by atoms with van der Waals surface area (Å²) in [7, 11) is 0. The van der Waals surface area contributed by atoms with Gasteiger partial charge in [-0.2, -0.15) is 0 Å². The van der Waals surface area contributed by atoms with E-state index in [9.17, 15) is 14.0 Å². The molecule has 1 fully saturated rings. The molecule has 4 rings (SSSR count). The Morgan fingerprint density at radius 1 is 0.833 bits per heavy atom. The largest absolute Gasteiger partial charge is 0.324 e. The van der Waals surface area contributed by atoms with Gasteiger partial charge in [-0.05, 0) is 36.6 Å². The lowest BCUT2D eigenvalue weighted by molar-refractivity contribution is -0.119. The van der Waals surface area contributed by atoms with E-state index in [1.807, 2.05) is 54.6 Å². The topological polar surface area (TPSA) is 61.4 Å². The van der Waals surface area contributed by atoms with E-state index in [1.165, 1.54) is 17.0 Å². The fourth-order valence-corrected chi connectivity index (χ4v) is 3.71. The van der Waals surface area contributed by atoms with Crippen molar-refractivity contribution in [2.24, 2.45) is 0 Å². The van der Waals surface area contributed by atoms with Crippen molar-refractivity contribution in [3.05, 3.63) is 84.7 Å². The van der Waals surface area contributed by atoms with Crippen molar-refractivity contribution in [3.63, 3.8) is 0 Å². The van der Waals surface area contributed by atoms with Crippen LogP contribution < -0.4 is 10.6 Å². The van der Waals surface area contributed by atoms with Crippen molar-refractivity contribution in [2.75, 3.05) is 17.2 Å². The van der Waals surface area contributed by atoms with Crippen LogP contribution in [0.1, 0.15) is 12.8 Å².